The average molecular weight is 367 g/mol. The quantitative estimate of drug-likeness (QED) is 0.729. The van der Waals surface area contributed by atoms with Gasteiger partial charge in [-0.2, -0.15) is 0 Å². The fourth-order valence-electron chi connectivity index (χ4n) is 3.06. The van der Waals surface area contributed by atoms with Crippen molar-refractivity contribution in [2.75, 3.05) is 11.9 Å². The van der Waals surface area contributed by atoms with Gasteiger partial charge in [0.05, 0.1) is 12.5 Å². The third-order valence-electron chi connectivity index (χ3n) is 4.33. The van der Waals surface area contributed by atoms with E-state index in [1.807, 2.05) is 30.3 Å². The Hall–Kier alpha value is -3.35. The van der Waals surface area contributed by atoms with E-state index in [-0.39, 0.29) is 30.8 Å². The first kappa shape index (κ1) is 18.4. The molecule has 0 radical (unpaired) electrons. The zero-order valence-corrected chi connectivity index (χ0v) is 14.7. The van der Waals surface area contributed by atoms with Gasteiger partial charge in [-0.25, -0.2) is 4.79 Å². The molecular formula is C20H21N3O4. The van der Waals surface area contributed by atoms with Crippen LogP contribution >= 0.6 is 0 Å². The number of aliphatic carboxylic acids is 1. The summed E-state index contributed by atoms with van der Waals surface area (Å²) >= 11 is 0. The number of nitrogens with zero attached hydrogens (tertiary/aromatic N) is 1. The lowest BCUT2D eigenvalue weighted by Crippen LogP contribution is -2.39. The van der Waals surface area contributed by atoms with Crippen LogP contribution in [0.15, 0.2) is 54.6 Å². The van der Waals surface area contributed by atoms with Crippen molar-refractivity contribution in [3.8, 4) is 0 Å². The van der Waals surface area contributed by atoms with E-state index in [0.717, 1.165) is 5.56 Å². The molecule has 1 saturated heterocycles. The highest BCUT2D eigenvalue weighted by Crippen LogP contribution is 2.16. The summed E-state index contributed by atoms with van der Waals surface area (Å²) in [6, 6.07) is 15.7. The Kier molecular flexibility index (Phi) is 5.71. The Balaban J connectivity index is 1.49. The molecule has 2 aromatic carbocycles. The van der Waals surface area contributed by atoms with Crippen LogP contribution in [0.4, 0.5) is 10.5 Å². The smallest absolute Gasteiger partial charge is 0.319 e. The Morgan fingerprint density at radius 3 is 2.41 bits per heavy atom. The molecule has 1 aliphatic heterocycles. The van der Waals surface area contributed by atoms with Gasteiger partial charge in [0.1, 0.15) is 0 Å². The number of rotatable bonds is 6. The van der Waals surface area contributed by atoms with Crippen LogP contribution < -0.4 is 10.6 Å². The molecule has 2 aromatic rings. The minimum atomic E-state index is -0.903. The third kappa shape index (κ3) is 5.31. The molecule has 3 N–H and O–H groups in total. The van der Waals surface area contributed by atoms with Crippen LogP contribution in [-0.4, -0.2) is 40.5 Å². The van der Waals surface area contributed by atoms with Gasteiger partial charge in [-0.05, 0) is 23.3 Å². The van der Waals surface area contributed by atoms with Gasteiger partial charge in [0, 0.05) is 25.2 Å². The fourth-order valence-corrected chi connectivity index (χ4v) is 3.06. The van der Waals surface area contributed by atoms with Gasteiger partial charge < -0.3 is 20.6 Å². The van der Waals surface area contributed by atoms with Crippen LogP contribution in [0.25, 0.3) is 0 Å². The number of carboxylic acid groups (broad SMARTS) is 1. The van der Waals surface area contributed by atoms with E-state index in [1.54, 1.807) is 29.2 Å². The van der Waals surface area contributed by atoms with Crippen molar-refractivity contribution >= 4 is 23.6 Å². The Labute approximate surface area is 157 Å². The third-order valence-corrected chi connectivity index (χ3v) is 4.33. The van der Waals surface area contributed by atoms with Gasteiger partial charge in [0.2, 0.25) is 5.91 Å². The molecule has 3 amide bonds. The minimum Gasteiger partial charge on any atom is -0.481 e. The summed E-state index contributed by atoms with van der Waals surface area (Å²) in [5, 5.41) is 14.3. The van der Waals surface area contributed by atoms with Crippen LogP contribution in [0.5, 0.6) is 0 Å². The summed E-state index contributed by atoms with van der Waals surface area (Å²) in [4.78, 5) is 36.7. The van der Waals surface area contributed by atoms with Crippen LogP contribution in [0.1, 0.15) is 17.5 Å². The number of carboxylic acids is 1. The molecule has 7 heteroatoms. The van der Waals surface area contributed by atoms with Crippen molar-refractivity contribution in [1.82, 2.24) is 10.2 Å². The second kappa shape index (κ2) is 8.35. The monoisotopic (exact) mass is 367 g/mol. The lowest BCUT2D eigenvalue weighted by molar-refractivity contribution is -0.136. The van der Waals surface area contributed by atoms with E-state index in [9.17, 15) is 14.4 Å². The van der Waals surface area contributed by atoms with Crippen molar-refractivity contribution in [2.24, 2.45) is 0 Å². The predicted molar refractivity (Wildman–Crippen MR) is 100 cm³/mol. The molecule has 1 aliphatic rings. The highest BCUT2D eigenvalue weighted by atomic mass is 16.4. The summed E-state index contributed by atoms with van der Waals surface area (Å²) in [5.74, 6) is -0.887. The predicted octanol–water partition coefficient (Wildman–Crippen LogP) is 2.24. The van der Waals surface area contributed by atoms with E-state index >= 15 is 0 Å². The number of anilines is 1. The van der Waals surface area contributed by atoms with Gasteiger partial charge in [-0.15, -0.1) is 0 Å². The highest BCUT2D eigenvalue weighted by molar-refractivity contribution is 5.90. The summed E-state index contributed by atoms with van der Waals surface area (Å²) in [6.45, 7) is 1.00. The van der Waals surface area contributed by atoms with E-state index in [0.29, 0.717) is 24.3 Å². The van der Waals surface area contributed by atoms with Crippen molar-refractivity contribution in [3.05, 3.63) is 65.7 Å². The number of likely N-dealkylation sites (tertiary alicyclic amines) is 1. The van der Waals surface area contributed by atoms with E-state index < -0.39 is 5.97 Å². The van der Waals surface area contributed by atoms with Crippen molar-refractivity contribution in [1.29, 1.82) is 0 Å². The largest absolute Gasteiger partial charge is 0.481 e. The SMILES string of the molecule is O=C(O)Cc1ccc(NC(=O)NC2CC(=O)N(Cc3ccccc3)C2)cc1. The number of hydrogen-bond donors (Lipinski definition) is 3. The highest BCUT2D eigenvalue weighted by Gasteiger charge is 2.30. The van der Waals surface area contributed by atoms with Crippen molar-refractivity contribution in [3.63, 3.8) is 0 Å². The maximum Gasteiger partial charge on any atom is 0.319 e. The average Bonchev–Trinajstić information content (AvgIpc) is 2.96. The maximum atomic E-state index is 12.2. The van der Waals surface area contributed by atoms with Crippen LogP contribution in [0.2, 0.25) is 0 Å². The zero-order chi connectivity index (χ0) is 19.2. The molecule has 0 spiro atoms. The van der Waals surface area contributed by atoms with Gasteiger partial charge in [-0.3, -0.25) is 9.59 Å². The van der Waals surface area contributed by atoms with E-state index in [4.69, 9.17) is 5.11 Å². The van der Waals surface area contributed by atoms with Gasteiger partial charge in [0.15, 0.2) is 0 Å². The first-order chi connectivity index (χ1) is 13.0. The standard InChI is InChI=1S/C20H21N3O4/c24-18-11-17(13-23(18)12-15-4-2-1-3-5-15)22-20(27)21-16-8-6-14(7-9-16)10-19(25)26/h1-9,17H,10-13H2,(H,25,26)(H2,21,22,27). The molecule has 1 atom stereocenters. The van der Waals surface area contributed by atoms with Crippen LogP contribution in [0, 0.1) is 0 Å². The minimum absolute atomic E-state index is 0.0159. The maximum absolute atomic E-state index is 12.2. The lowest BCUT2D eigenvalue weighted by atomic mass is 10.1. The Morgan fingerprint density at radius 2 is 1.74 bits per heavy atom. The second-order valence-corrected chi connectivity index (χ2v) is 6.53. The zero-order valence-electron chi connectivity index (χ0n) is 14.7. The molecule has 0 saturated carbocycles. The number of hydrogen-bond acceptors (Lipinski definition) is 3. The first-order valence-corrected chi connectivity index (χ1v) is 8.69. The molecule has 0 aromatic heterocycles. The van der Waals surface area contributed by atoms with E-state index in [1.165, 1.54) is 0 Å². The van der Waals surface area contributed by atoms with Gasteiger partial charge in [0.25, 0.3) is 0 Å². The number of carbonyl (C=O) groups is 3. The second-order valence-electron chi connectivity index (χ2n) is 6.53. The van der Waals surface area contributed by atoms with Crippen LogP contribution in [0.3, 0.4) is 0 Å². The van der Waals surface area contributed by atoms with Gasteiger partial charge in [-0.1, -0.05) is 42.5 Å². The Morgan fingerprint density at radius 1 is 1.04 bits per heavy atom. The molecule has 1 heterocycles. The first-order valence-electron chi connectivity index (χ1n) is 8.69. The molecule has 3 rings (SSSR count). The molecular weight excluding hydrogens is 346 g/mol. The molecule has 0 aliphatic carbocycles. The summed E-state index contributed by atoms with van der Waals surface area (Å²) in [5.41, 5.74) is 2.27. The number of urea groups is 1. The Bertz CT molecular complexity index is 821. The van der Waals surface area contributed by atoms with Crippen molar-refractivity contribution < 1.29 is 19.5 Å². The number of carbonyl (C=O) groups excluding carboxylic acids is 2. The van der Waals surface area contributed by atoms with Gasteiger partial charge >= 0.3 is 12.0 Å². The summed E-state index contributed by atoms with van der Waals surface area (Å²) in [7, 11) is 0. The van der Waals surface area contributed by atoms with Crippen molar-refractivity contribution in [2.45, 2.75) is 25.4 Å². The molecule has 1 unspecified atom stereocenters. The molecule has 27 heavy (non-hydrogen) atoms. The summed E-state index contributed by atoms with van der Waals surface area (Å²) in [6.07, 6.45) is 0.214. The number of amides is 3. The number of nitrogens with one attached hydrogen (secondary N) is 2. The molecule has 7 nitrogen and oxygen atoms in total. The normalized spacial score (nSPS) is 16.2. The molecule has 1 fully saturated rings. The summed E-state index contributed by atoms with van der Waals surface area (Å²) < 4.78 is 0. The molecule has 140 valence electrons. The lowest BCUT2D eigenvalue weighted by Gasteiger charge is -2.17. The molecule has 0 bridgehead atoms. The number of benzene rings is 2. The topological polar surface area (TPSA) is 98.7 Å². The fraction of sp³-hybridized carbons (Fsp3) is 0.250. The van der Waals surface area contributed by atoms with E-state index in [2.05, 4.69) is 10.6 Å². The van der Waals surface area contributed by atoms with Crippen LogP contribution in [-0.2, 0) is 22.6 Å².